The van der Waals surface area contributed by atoms with E-state index in [4.69, 9.17) is 5.73 Å². The van der Waals surface area contributed by atoms with Gasteiger partial charge in [0.2, 0.25) is 5.95 Å². The molecule has 0 aromatic carbocycles. The summed E-state index contributed by atoms with van der Waals surface area (Å²) in [6, 6.07) is 2.01. The largest absolute Gasteiger partial charge is 0.368 e. The summed E-state index contributed by atoms with van der Waals surface area (Å²) in [7, 11) is 0. The van der Waals surface area contributed by atoms with Crippen LogP contribution in [0, 0.1) is 6.92 Å². The molecule has 2 N–H and O–H groups in total. The molecule has 0 aliphatic rings. The number of hydrogen-bond donors (Lipinski definition) is 1. The maximum atomic E-state index is 5.70. The van der Waals surface area contributed by atoms with E-state index in [1.165, 1.54) is 17.3 Å². The van der Waals surface area contributed by atoms with Gasteiger partial charge in [0.05, 0.1) is 4.88 Å². The molecule has 0 aliphatic heterocycles. The number of hydrogen-bond acceptors (Lipinski definition) is 7. The molecule has 0 amide bonds. The van der Waals surface area contributed by atoms with E-state index in [-0.39, 0.29) is 5.95 Å². The molecule has 18 heavy (non-hydrogen) atoms. The number of nitrogen functional groups attached to an aromatic ring is 1. The average Bonchev–Trinajstić information content (AvgIpc) is 2.98. The molecule has 3 heterocycles. The highest BCUT2D eigenvalue weighted by atomic mass is 32.1. The first-order valence-electron chi connectivity index (χ1n) is 5.15. The second kappa shape index (κ2) is 4.15. The fourth-order valence-corrected chi connectivity index (χ4v) is 2.36. The van der Waals surface area contributed by atoms with Gasteiger partial charge < -0.3 is 5.73 Å². The average molecular weight is 259 g/mol. The number of nitrogens with two attached hydrogens (primary N) is 1. The lowest BCUT2D eigenvalue weighted by atomic mass is 10.3. The lowest BCUT2D eigenvalue weighted by Gasteiger charge is -2.03. The van der Waals surface area contributed by atoms with E-state index in [1.807, 2.05) is 18.4 Å². The van der Waals surface area contributed by atoms with E-state index in [1.54, 1.807) is 11.3 Å². The SMILES string of the molecule is Cc1ccsc1-c1nc(N)nc(-n2cncn2)n1. The summed E-state index contributed by atoms with van der Waals surface area (Å²) in [5.41, 5.74) is 6.81. The number of rotatable bonds is 2. The molecule has 0 saturated carbocycles. The Labute approximate surface area is 106 Å². The predicted octanol–water partition coefficient (Wildman–Crippen LogP) is 1.07. The Balaban J connectivity index is 2.15. The van der Waals surface area contributed by atoms with E-state index in [2.05, 4.69) is 25.0 Å². The second-order valence-electron chi connectivity index (χ2n) is 3.59. The highest BCUT2D eigenvalue weighted by molar-refractivity contribution is 7.13. The molecular weight excluding hydrogens is 250 g/mol. The van der Waals surface area contributed by atoms with Crippen LogP contribution in [0.5, 0.6) is 0 Å². The summed E-state index contributed by atoms with van der Waals surface area (Å²) in [5, 5.41) is 5.96. The minimum Gasteiger partial charge on any atom is -0.368 e. The molecule has 0 fully saturated rings. The van der Waals surface area contributed by atoms with Gasteiger partial charge in [0.15, 0.2) is 5.82 Å². The second-order valence-corrected chi connectivity index (χ2v) is 4.51. The Morgan fingerprint density at radius 3 is 2.83 bits per heavy atom. The number of aryl methyl sites for hydroxylation is 1. The van der Waals surface area contributed by atoms with Gasteiger partial charge in [-0.05, 0) is 23.9 Å². The summed E-state index contributed by atoms with van der Waals surface area (Å²) >= 11 is 1.56. The van der Waals surface area contributed by atoms with E-state index >= 15 is 0 Å². The predicted molar refractivity (Wildman–Crippen MR) is 67.2 cm³/mol. The van der Waals surface area contributed by atoms with Crippen molar-refractivity contribution in [3.63, 3.8) is 0 Å². The molecule has 3 aromatic rings. The third-order valence-corrected chi connectivity index (χ3v) is 3.34. The Morgan fingerprint density at radius 1 is 1.28 bits per heavy atom. The van der Waals surface area contributed by atoms with E-state index in [0.717, 1.165) is 10.4 Å². The summed E-state index contributed by atoms with van der Waals surface area (Å²) in [5.74, 6) is 1.08. The van der Waals surface area contributed by atoms with Gasteiger partial charge in [0, 0.05) is 0 Å². The van der Waals surface area contributed by atoms with Crippen LogP contribution in [-0.4, -0.2) is 29.7 Å². The highest BCUT2D eigenvalue weighted by Crippen LogP contribution is 2.26. The number of anilines is 1. The number of thiophene rings is 1. The zero-order valence-electron chi connectivity index (χ0n) is 9.48. The van der Waals surface area contributed by atoms with Crippen LogP contribution in [0.15, 0.2) is 24.1 Å². The van der Waals surface area contributed by atoms with E-state index in [9.17, 15) is 0 Å². The van der Waals surface area contributed by atoms with Gasteiger partial charge in [-0.2, -0.15) is 24.7 Å². The molecule has 0 bridgehead atoms. The van der Waals surface area contributed by atoms with E-state index in [0.29, 0.717) is 11.8 Å². The Morgan fingerprint density at radius 2 is 2.17 bits per heavy atom. The van der Waals surface area contributed by atoms with Gasteiger partial charge >= 0.3 is 0 Å². The molecule has 0 saturated heterocycles. The summed E-state index contributed by atoms with van der Waals surface area (Å²) in [6.07, 6.45) is 2.93. The van der Waals surface area contributed by atoms with Crippen LogP contribution in [0.25, 0.3) is 16.6 Å². The van der Waals surface area contributed by atoms with Crippen molar-refractivity contribution in [3.8, 4) is 16.6 Å². The van der Waals surface area contributed by atoms with Gasteiger partial charge in [0.25, 0.3) is 5.95 Å². The lowest BCUT2D eigenvalue weighted by molar-refractivity contribution is 0.800. The third-order valence-electron chi connectivity index (χ3n) is 2.33. The van der Waals surface area contributed by atoms with Crippen molar-refractivity contribution in [1.29, 1.82) is 0 Å². The van der Waals surface area contributed by atoms with Crippen molar-refractivity contribution in [1.82, 2.24) is 29.7 Å². The maximum absolute atomic E-state index is 5.70. The summed E-state index contributed by atoms with van der Waals surface area (Å²) < 4.78 is 1.45. The van der Waals surface area contributed by atoms with E-state index < -0.39 is 0 Å². The molecule has 8 heteroatoms. The molecule has 7 nitrogen and oxygen atoms in total. The van der Waals surface area contributed by atoms with Crippen LogP contribution in [0.4, 0.5) is 5.95 Å². The van der Waals surface area contributed by atoms with Gasteiger partial charge in [-0.15, -0.1) is 11.3 Å². The van der Waals surface area contributed by atoms with Gasteiger partial charge in [-0.25, -0.2) is 4.98 Å². The molecule has 3 rings (SSSR count). The quantitative estimate of drug-likeness (QED) is 0.739. The first-order valence-corrected chi connectivity index (χ1v) is 6.03. The number of nitrogens with zero attached hydrogens (tertiary/aromatic N) is 6. The first-order chi connectivity index (χ1) is 8.74. The smallest absolute Gasteiger partial charge is 0.257 e. The molecule has 0 unspecified atom stereocenters. The van der Waals surface area contributed by atoms with Crippen molar-refractivity contribution < 1.29 is 0 Å². The van der Waals surface area contributed by atoms with Crippen LogP contribution < -0.4 is 5.73 Å². The fourth-order valence-electron chi connectivity index (χ4n) is 1.50. The standard InChI is InChI=1S/C10H9N7S/c1-6-2-3-18-7(6)8-14-9(11)16-10(15-8)17-5-12-4-13-17/h2-5H,1H3,(H2,11,14,15,16). The van der Waals surface area contributed by atoms with Gasteiger partial charge in [-0.3, -0.25) is 0 Å². The Hall–Kier alpha value is -2.35. The van der Waals surface area contributed by atoms with Crippen molar-refractivity contribution >= 4 is 17.3 Å². The molecule has 90 valence electrons. The molecule has 0 aliphatic carbocycles. The maximum Gasteiger partial charge on any atom is 0.257 e. The first kappa shape index (κ1) is 10.8. The minimum atomic E-state index is 0.165. The molecular formula is C10H9N7S. The number of aromatic nitrogens is 6. The van der Waals surface area contributed by atoms with Crippen LogP contribution in [0.2, 0.25) is 0 Å². The minimum absolute atomic E-state index is 0.165. The fraction of sp³-hybridized carbons (Fsp3) is 0.100. The van der Waals surface area contributed by atoms with Crippen LogP contribution >= 0.6 is 11.3 Å². The molecule has 0 spiro atoms. The third kappa shape index (κ3) is 1.82. The molecule has 3 aromatic heterocycles. The van der Waals surface area contributed by atoms with Gasteiger partial charge in [0.1, 0.15) is 12.7 Å². The normalized spacial score (nSPS) is 10.7. The Kier molecular flexibility index (Phi) is 2.49. The zero-order chi connectivity index (χ0) is 12.5. The van der Waals surface area contributed by atoms with Crippen LogP contribution in [0.1, 0.15) is 5.56 Å². The molecule has 0 atom stereocenters. The van der Waals surface area contributed by atoms with Gasteiger partial charge in [-0.1, -0.05) is 0 Å². The Bertz CT molecular complexity index is 673. The van der Waals surface area contributed by atoms with Crippen LogP contribution in [0.3, 0.4) is 0 Å². The zero-order valence-corrected chi connectivity index (χ0v) is 10.3. The monoisotopic (exact) mass is 259 g/mol. The van der Waals surface area contributed by atoms with Crippen molar-refractivity contribution in [3.05, 3.63) is 29.7 Å². The van der Waals surface area contributed by atoms with Crippen molar-refractivity contribution in [2.24, 2.45) is 0 Å². The van der Waals surface area contributed by atoms with Crippen molar-refractivity contribution in [2.45, 2.75) is 6.92 Å². The van der Waals surface area contributed by atoms with Crippen molar-refractivity contribution in [2.75, 3.05) is 5.73 Å². The summed E-state index contributed by atoms with van der Waals surface area (Å²) in [4.78, 5) is 17.4. The van der Waals surface area contributed by atoms with Crippen LogP contribution in [-0.2, 0) is 0 Å². The topological polar surface area (TPSA) is 95.4 Å². The molecule has 0 radical (unpaired) electrons. The highest BCUT2D eigenvalue weighted by Gasteiger charge is 2.11. The lowest BCUT2D eigenvalue weighted by Crippen LogP contribution is -2.07. The summed E-state index contributed by atoms with van der Waals surface area (Å²) in [6.45, 7) is 2.00.